The largest absolute Gasteiger partial charge is 0.493 e. The average molecular weight is 434 g/mol. The second-order valence-corrected chi connectivity index (χ2v) is 6.28. The number of halogens is 2. The Bertz CT molecular complexity index is 1000. The van der Waals surface area contributed by atoms with E-state index in [2.05, 4.69) is 21.5 Å². The van der Waals surface area contributed by atoms with Crippen LogP contribution in [0.15, 0.2) is 48.8 Å². The summed E-state index contributed by atoms with van der Waals surface area (Å²) in [5.41, 5.74) is 2.48. The van der Waals surface area contributed by atoms with Crippen molar-refractivity contribution >= 4 is 30.6 Å². The first-order valence-corrected chi connectivity index (χ1v) is 8.62. The number of fused-ring (bicyclic) bond motifs is 1. The third kappa shape index (κ3) is 4.09. The minimum atomic E-state index is -0.0600. The first-order valence-electron chi connectivity index (χ1n) is 8.62. The molecule has 3 heterocycles. The number of anilines is 1. The van der Waals surface area contributed by atoms with Crippen LogP contribution < -0.4 is 14.8 Å². The summed E-state index contributed by atoms with van der Waals surface area (Å²) in [4.78, 5) is 4.48. The summed E-state index contributed by atoms with van der Waals surface area (Å²) in [6.07, 6.45) is 4.11. The van der Waals surface area contributed by atoms with Crippen LogP contribution in [0.1, 0.15) is 35.3 Å². The first-order chi connectivity index (χ1) is 13.2. The van der Waals surface area contributed by atoms with Crippen molar-refractivity contribution in [3.63, 3.8) is 0 Å². The predicted molar refractivity (Wildman–Crippen MR) is 114 cm³/mol. The van der Waals surface area contributed by atoms with E-state index in [4.69, 9.17) is 9.47 Å². The molecule has 0 saturated heterocycles. The van der Waals surface area contributed by atoms with Crippen molar-refractivity contribution in [2.75, 3.05) is 19.5 Å². The number of nitriles is 1. The molecule has 1 aliphatic rings. The van der Waals surface area contributed by atoms with E-state index in [0.29, 0.717) is 22.9 Å². The number of nitrogens with zero attached hydrogens (tertiary/aromatic N) is 4. The molecule has 152 valence electrons. The van der Waals surface area contributed by atoms with E-state index in [1.165, 1.54) is 0 Å². The molecule has 1 N–H and O–H groups in total. The van der Waals surface area contributed by atoms with E-state index >= 15 is 0 Å². The number of methoxy groups -OCH3 is 2. The van der Waals surface area contributed by atoms with Gasteiger partial charge in [0.25, 0.3) is 0 Å². The fraction of sp³-hybridized carbons (Fsp3) is 0.250. The summed E-state index contributed by atoms with van der Waals surface area (Å²) in [7, 11) is 3.23. The normalized spacial score (nSPS) is 16.9. The summed E-state index contributed by atoms with van der Waals surface area (Å²) < 4.78 is 12.7. The maximum absolute atomic E-state index is 9.45. The minimum Gasteiger partial charge on any atom is -0.493 e. The van der Waals surface area contributed by atoms with Gasteiger partial charge in [0.1, 0.15) is 17.5 Å². The molecule has 2 aromatic heterocycles. The van der Waals surface area contributed by atoms with E-state index in [1.54, 1.807) is 26.6 Å². The van der Waals surface area contributed by atoms with Crippen LogP contribution in [-0.4, -0.2) is 29.0 Å². The summed E-state index contributed by atoms with van der Waals surface area (Å²) in [6.45, 7) is 0. The highest BCUT2D eigenvalue weighted by Crippen LogP contribution is 2.41. The van der Waals surface area contributed by atoms with Crippen molar-refractivity contribution in [3.8, 4) is 17.6 Å². The molecular weight excluding hydrogens is 413 g/mol. The van der Waals surface area contributed by atoms with Crippen LogP contribution >= 0.6 is 24.8 Å². The molecular formula is C20H21Cl2N5O2. The van der Waals surface area contributed by atoms with Gasteiger partial charge in [0.15, 0.2) is 11.5 Å². The zero-order valence-corrected chi connectivity index (χ0v) is 17.5. The number of hydrogen-bond donors (Lipinski definition) is 1. The van der Waals surface area contributed by atoms with E-state index in [1.807, 2.05) is 41.1 Å². The molecule has 0 amide bonds. The molecule has 0 aliphatic carbocycles. The average Bonchev–Trinajstić information content (AvgIpc) is 3.16. The van der Waals surface area contributed by atoms with Crippen molar-refractivity contribution in [1.29, 1.82) is 5.26 Å². The van der Waals surface area contributed by atoms with Crippen molar-refractivity contribution in [3.05, 3.63) is 65.6 Å². The van der Waals surface area contributed by atoms with E-state index in [-0.39, 0.29) is 36.9 Å². The number of ether oxygens (including phenoxy) is 2. The highest BCUT2D eigenvalue weighted by Gasteiger charge is 2.32. The lowest BCUT2D eigenvalue weighted by molar-refractivity contribution is 0.352. The number of hydrogen-bond acceptors (Lipinski definition) is 6. The number of pyridine rings is 1. The smallest absolute Gasteiger partial charge is 0.161 e. The number of nitrogens with one attached hydrogen (secondary N) is 1. The zero-order chi connectivity index (χ0) is 18.8. The van der Waals surface area contributed by atoms with Crippen molar-refractivity contribution in [2.24, 2.45) is 0 Å². The molecule has 4 rings (SSSR count). The maximum Gasteiger partial charge on any atom is 0.161 e. The maximum atomic E-state index is 9.45. The van der Waals surface area contributed by atoms with Crippen LogP contribution in [0.3, 0.4) is 0 Å². The Kier molecular flexibility index (Phi) is 7.32. The third-order valence-corrected chi connectivity index (χ3v) is 4.82. The van der Waals surface area contributed by atoms with Gasteiger partial charge in [-0.1, -0.05) is 12.1 Å². The molecule has 0 radical (unpaired) electrons. The highest BCUT2D eigenvalue weighted by molar-refractivity contribution is 5.85. The highest BCUT2D eigenvalue weighted by atomic mass is 35.5. The second-order valence-electron chi connectivity index (χ2n) is 6.28. The Labute approximate surface area is 181 Å². The van der Waals surface area contributed by atoms with Crippen LogP contribution in [0, 0.1) is 11.3 Å². The quantitative estimate of drug-likeness (QED) is 0.664. The lowest BCUT2D eigenvalue weighted by Crippen LogP contribution is -2.28. The standard InChI is InChI=1S/C20H19N5O2.2ClH/c1-26-18-7-6-13(9-19(18)27-2)17-10-16(15-5-3-4-8-22-15)24-20-14(11-21)12-23-25(17)20;;/h3-9,12,16-17,24H,10H2,1-2H3;2*1H. The van der Waals surface area contributed by atoms with Crippen molar-refractivity contribution < 1.29 is 9.47 Å². The molecule has 0 fully saturated rings. The SMILES string of the molecule is COc1ccc(C2CC(c3ccccn3)Nc3c(C#N)cnn32)cc1OC.Cl.Cl. The van der Waals surface area contributed by atoms with Crippen molar-refractivity contribution in [2.45, 2.75) is 18.5 Å². The Hall–Kier alpha value is -2.95. The lowest BCUT2D eigenvalue weighted by atomic mass is 9.94. The molecule has 2 atom stereocenters. The van der Waals surface area contributed by atoms with Crippen LogP contribution in [0.25, 0.3) is 0 Å². The van der Waals surface area contributed by atoms with Gasteiger partial charge < -0.3 is 14.8 Å². The van der Waals surface area contributed by atoms with Gasteiger partial charge in [-0.25, -0.2) is 4.68 Å². The second kappa shape index (κ2) is 9.50. The molecule has 1 aliphatic heterocycles. The topological polar surface area (TPSA) is 85.0 Å². The molecule has 9 heteroatoms. The Morgan fingerprint density at radius 2 is 1.93 bits per heavy atom. The van der Waals surface area contributed by atoms with Gasteiger partial charge >= 0.3 is 0 Å². The molecule has 0 bridgehead atoms. The molecule has 3 aromatic rings. The molecule has 2 unspecified atom stereocenters. The van der Waals surface area contributed by atoms with E-state index < -0.39 is 0 Å². The monoisotopic (exact) mass is 433 g/mol. The minimum absolute atomic E-state index is 0. The molecule has 29 heavy (non-hydrogen) atoms. The summed E-state index contributed by atoms with van der Waals surface area (Å²) in [6, 6.07) is 13.8. The Morgan fingerprint density at radius 1 is 1.14 bits per heavy atom. The van der Waals surface area contributed by atoms with Gasteiger partial charge in [0.05, 0.1) is 38.2 Å². The van der Waals surface area contributed by atoms with Gasteiger partial charge in [-0.05, 0) is 36.2 Å². The third-order valence-electron chi connectivity index (χ3n) is 4.82. The zero-order valence-electron chi connectivity index (χ0n) is 15.9. The first kappa shape index (κ1) is 22.3. The van der Waals surface area contributed by atoms with E-state index in [0.717, 1.165) is 17.7 Å². The van der Waals surface area contributed by atoms with Gasteiger partial charge in [-0.2, -0.15) is 10.4 Å². The summed E-state index contributed by atoms with van der Waals surface area (Å²) in [5, 5.41) is 17.3. The Morgan fingerprint density at radius 3 is 2.59 bits per heavy atom. The number of benzene rings is 1. The van der Waals surface area contributed by atoms with Crippen molar-refractivity contribution in [1.82, 2.24) is 14.8 Å². The molecule has 1 aromatic carbocycles. The summed E-state index contributed by atoms with van der Waals surface area (Å²) in [5.74, 6) is 2.05. The molecule has 0 spiro atoms. The van der Waals surface area contributed by atoms with E-state index in [9.17, 15) is 5.26 Å². The molecule has 0 saturated carbocycles. The van der Waals surface area contributed by atoms with Gasteiger partial charge in [-0.15, -0.1) is 24.8 Å². The Balaban J connectivity index is 0.00000150. The van der Waals surface area contributed by atoms with Crippen LogP contribution in [-0.2, 0) is 0 Å². The number of aromatic nitrogens is 3. The summed E-state index contributed by atoms with van der Waals surface area (Å²) >= 11 is 0. The van der Waals surface area contributed by atoms with Gasteiger partial charge in [0.2, 0.25) is 0 Å². The van der Waals surface area contributed by atoms with Gasteiger partial charge in [0, 0.05) is 6.20 Å². The fourth-order valence-corrected chi connectivity index (χ4v) is 3.49. The van der Waals surface area contributed by atoms with Crippen LogP contribution in [0.5, 0.6) is 11.5 Å². The predicted octanol–water partition coefficient (Wildman–Crippen LogP) is 4.16. The molecule has 7 nitrogen and oxygen atoms in total. The van der Waals surface area contributed by atoms with Crippen LogP contribution in [0.2, 0.25) is 0 Å². The lowest BCUT2D eigenvalue weighted by Gasteiger charge is -2.32. The van der Waals surface area contributed by atoms with Crippen LogP contribution in [0.4, 0.5) is 5.82 Å². The fourth-order valence-electron chi connectivity index (χ4n) is 3.49. The number of rotatable bonds is 4. The van der Waals surface area contributed by atoms with Gasteiger partial charge in [-0.3, -0.25) is 4.98 Å².